The lowest BCUT2D eigenvalue weighted by atomic mass is 10.1. The molecule has 32 heavy (non-hydrogen) atoms. The number of nitrogens with one attached hydrogen (secondary N) is 2. The second-order valence-electron chi connectivity index (χ2n) is 8.45. The molecule has 0 saturated heterocycles. The standard InChI is InChI=1S/C22H23F4N3O3/c1-11-20(30)29(10-12-6-5-7-13(8-12)19(25)26)15-9-14(23)17(16(24)18(15)32-11)27-21(31)28-22(2,3)4/h5-9,11,19H,10H2,1-4H3,(H2,27,28,31)/t11-/m1/s1. The molecule has 1 heterocycles. The van der Waals surface area contributed by atoms with E-state index in [0.29, 0.717) is 5.56 Å². The number of halogens is 4. The summed E-state index contributed by atoms with van der Waals surface area (Å²) >= 11 is 0. The molecule has 1 atom stereocenters. The molecule has 2 N–H and O–H groups in total. The van der Waals surface area contributed by atoms with E-state index in [9.17, 15) is 22.8 Å². The second-order valence-corrected chi connectivity index (χ2v) is 8.45. The van der Waals surface area contributed by atoms with Crippen molar-refractivity contribution in [2.75, 3.05) is 10.2 Å². The Bertz CT molecular complexity index is 1050. The first-order valence-corrected chi connectivity index (χ1v) is 9.83. The van der Waals surface area contributed by atoms with Crippen LogP contribution in [0, 0.1) is 11.6 Å². The molecule has 0 unspecified atom stereocenters. The fourth-order valence-electron chi connectivity index (χ4n) is 3.24. The highest BCUT2D eigenvalue weighted by Gasteiger charge is 2.36. The quantitative estimate of drug-likeness (QED) is 0.630. The van der Waals surface area contributed by atoms with Crippen molar-refractivity contribution >= 4 is 23.3 Å². The highest BCUT2D eigenvalue weighted by molar-refractivity contribution is 6.00. The number of carbonyl (C=O) groups excluding carboxylic acids is 2. The lowest BCUT2D eigenvalue weighted by Crippen LogP contribution is -2.45. The minimum atomic E-state index is -2.70. The van der Waals surface area contributed by atoms with Gasteiger partial charge in [0.25, 0.3) is 12.3 Å². The average molecular weight is 453 g/mol. The van der Waals surface area contributed by atoms with Gasteiger partial charge in [-0.05, 0) is 39.3 Å². The summed E-state index contributed by atoms with van der Waals surface area (Å²) in [7, 11) is 0. The number of urea groups is 1. The molecule has 0 radical (unpaired) electrons. The summed E-state index contributed by atoms with van der Waals surface area (Å²) in [6, 6.07) is 5.44. The monoisotopic (exact) mass is 453 g/mol. The van der Waals surface area contributed by atoms with Gasteiger partial charge in [-0.1, -0.05) is 18.2 Å². The first kappa shape index (κ1) is 23.4. The lowest BCUT2D eigenvalue weighted by molar-refractivity contribution is -0.125. The summed E-state index contributed by atoms with van der Waals surface area (Å²) in [5.41, 5.74) is -1.47. The Hall–Kier alpha value is -3.30. The minimum Gasteiger partial charge on any atom is -0.476 e. The van der Waals surface area contributed by atoms with Crippen molar-refractivity contribution in [3.8, 4) is 5.75 Å². The molecular formula is C22H23F4N3O3. The van der Waals surface area contributed by atoms with E-state index in [4.69, 9.17) is 4.74 Å². The Morgan fingerprint density at radius 1 is 1.22 bits per heavy atom. The predicted octanol–water partition coefficient (Wildman–Crippen LogP) is 5.14. The van der Waals surface area contributed by atoms with E-state index < -0.39 is 53.1 Å². The maximum Gasteiger partial charge on any atom is 0.319 e. The molecule has 0 aliphatic carbocycles. The maximum atomic E-state index is 15.1. The third kappa shape index (κ3) is 4.95. The van der Waals surface area contributed by atoms with Crippen LogP contribution >= 0.6 is 0 Å². The minimum absolute atomic E-state index is 0.198. The normalized spacial score (nSPS) is 16.0. The van der Waals surface area contributed by atoms with Crippen LogP contribution in [-0.2, 0) is 11.3 Å². The Morgan fingerprint density at radius 3 is 2.53 bits per heavy atom. The molecule has 1 aliphatic rings. The van der Waals surface area contributed by atoms with E-state index in [1.807, 2.05) is 0 Å². The number of benzene rings is 2. The second kappa shape index (κ2) is 8.68. The van der Waals surface area contributed by atoms with E-state index in [-0.39, 0.29) is 17.8 Å². The summed E-state index contributed by atoms with van der Waals surface area (Å²) in [4.78, 5) is 25.8. The first-order chi connectivity index (χ1) is 14.9. The van der Waals surface area contributed by atoms with Gasteiger partial charge in [0.1, 0.15) is 5.69 Å². The first-order valence-electron chi connectivity index (χ1n) is 9.83. The number of hydrogen-bond donors (Lipinski definition) is 2. The van der Waals surface area contributed by atoms with Crippen LogP contribution in [0.25, 0.3) is 0 Å². The van der Waals surface area contributed by atoms with E-state index >= 15 is 4.39 Å². The SMILES string of the molecule is C[C@H]1Oc2c(cc(F)c(NC(=O)NC(C)(C)C)c2F)N(Cc2cccc(C(F)F)c2)C1=O. The largest absolute Gasteiger partial charge is 0.476 e. The van der Waals surface area contributed by atoms with Gasteiger partial charge in [-0.2, -0.15) is 0 Å². The zero-order valence-corrected chi connectivity index (χ0v) is 17.9. The molecule has 2 aromatic carbocycles. The van der Waals surface area contributed by atoms with Crippen molar-refractivity contribution in [2.45, 2.75) is 52.3 Å². The zero-order valence-electron chi connectivity index (χ0n) is 17.9. The van der Waals surface area contributed by atoms with Crippen LogP contribution < -0.4 is 20.3 Å². The average Bonchev–Trinajstić information content (AvgIpc) is 2.68. The van der Waals surface area contributed by atoms with Gasteiger partial charge in [-0.25, -0.2) is 22.4 Å². The van der Waals surface area contributed by atoms with Crippen LogP contribution in [0.1, 0.15) is 45.2 Å². The summed E-state index contributed by atoms with van der Waals surface area (Å²) in [5.74, 6) is -3.32. The van der Waals surface area contributed by atoms with Crippen molar-refractivity contribution in [2.24, 2.45) is 0 Å². The van der Waals surface area contributed by atoms with Gasteiger partial charge in [0.2, 0.25) is 0 Å². The van der Waals surface area contributed by atoms with Crippen molar-refractivity contribution < 1.29 is 31.9 Å². The molecule has 3 amide bonds. The van der Waals surface area contributed by atoms with Gasteiger partial charge in [0.15, 0.2) is 23.5 Å². The topological polar surface area (TPSA) is 70.7 Å². The molecule has 0 fully saturated rings. The molecule has 1 aliphatic heterocycles. The number of anilines is 2. The van der Waals surface area contributed by atoms with Crippen molar-refractivity contribution in [1.82, 2.24) is 5.32 Å². The number of nitrogens with zero attached hydrogens (tertiary/aromatic N) is 1. The van der Waals surface area contributed by atoms with Crippen LogP contribution in [0.5, 0.6) is 5.75 Å². The molecule has 2 aromatic rings. The fraction of sp³-hybridized carbons (Fsp3) is 0.364. The molecule has 0 spiro atoms. The van der Waals surface area contributed by atoms with Gasteiger partial charge in [-0.3, -0.25) is 4.79 Å². The van der Waals surface area contributed by atoms with Crippen molar-refractivity contribution in [3.05, 3.63) is 53.1 Å². The summed E-state index contributed by atoms with van der Waals surface area (Å²) in [6.45, 7) is 6.28. The van der Waals surface area contributed by atoms with E-state index in [1.165, 1.54) is 31.2 Å². The molecule has 0 bridgehead atoms. The predicted molar refractivity (Wildman–Crippen MR) is 111 cm³/mol. The van der Waals surface area contributed by atoms with Gasteiger partial charge >= 0.3 is 6.03 Å². The maximum absolute atomic E-state index is 15.1. The summed E-state index contributed by atoms with van der Waals surface area (Å²) in [6.07, 6.45) is -3.82. The van der Waals surface area contributed by atoms with E-state index in [2.05, 4.69) is 10.6 Å². The van der Waals surface area contributed by atoms with Gasteiger partial charge < -0.3 is 20.3 Å². The van der Waals surface area contributed by atoms with Crippen LogP contribution in [0.4, 0.5) is 33.7 Å². The highest BCUT2D eigenvalue weighted by atomic mass is 19.3. The van der Waals surface area contributed by atoms with Crippen LogP contribution in [-0.4, -0.2) is 23.6 Å². The third-order valence-corrected chi connectivity index (χ3v) is 4.62. The van der Waals surface area contributed by atoms with Gasteiger partial charge in [0.05, 0.1) is 12.2 Å². The number of fused-ring (bicyclic) bond motifs is 1. The molecule has 172 valence electrons. The number of amides is 3. The number of hydrogen-bond acceptors (Lipinski definition) is 3. The van der Waals surface area contributed by atoms with Crippen molar-refractivity contribution in [3.63, 3.8) is 0 Å². The zero-order chi connectivity index (χ0) is 23.8. The molecule has 0 aromatic heterocycles. The van der Waals surface area contributed by atoms with Crippen LogP contribution in [0.15, 0.2) is 30.3 Å². The summed E-state index contributed by atoms with van der Waals surface area (Å²) in [5, 5.41) is 4.65. The fourth-order valence-corrected chi connectivity index (χ4v) is 3.24. The Morgan fingerprint density at radius 2 is 1.91 bits per heavy atom. The Kier molecular flexibility index (Phi) is 6.34. The van der Waals surface area contributed by atoms with Gasteiger partial charge in [0, 0.05) is 17.2 Å². The number of alkyl halides is 2. The molecule has 3 rings (SSSR count). The Labute approximate surface area is 182 Å². The molecule has 0 saturated carbocycles. The molecular weight excluding hydrogens is 430 g/mol. The van der Waals surface area contributed by atoms with Crippen LogP contribution in [0.3, 0.4) is 0 Å². The number of rotatable bonds is 4. The third-order valence-electron chi connectivity index (χ3n) is 4.62. The smallest absolute Gasteiger partial charge is 0.319 e. The molecule has 6 nitrogen and oxygen atoms in total. The van der Waals surface area contributed by atoms with E-state index in [1.54, 1.807) is 20.8 Å². The van der Waals surface area contributed by atoms with Crippen molar-refractivity contribution in [1.29, 1.82) is 0 Å². The van der Waals surface area contributed by atoms with E-state index in [0.717, 1.165) is 11.0 Å². The number of ether oxygens (including phenoxy) is 1. The summed E-state index contributed by atoms with van der Waals surface area (Å²) < 4.78 is 61.3. The molecule has 10 heteroatoms. The Balaban J connectivity index is 1.98. The highest BCUT2D eigenvalue weighted by Crippen LogP contribution is 2.42. The lowest BCUT2D eigenvalue weighted by Gasteiger charge is -2.34. The van der Waals surface area contributed by atoms with Crippen LogP contribution in [0.2, 0.25) is 0 Å². The number of carbonyl (C=O) groups is 2. The van der Waals surface area contributed by atoms with Gasteiger partial charge in [-0.15, -0.1) is 0 Å².